The zero-order chi connectivity index (χ0) is 18.2. The number of rotatable bonds is 7. The second-order valence-electron chi connectivity index (χ2n) is 5.35. The number of carbonyl (C=O) groups excluding carboxylic acids is 1. The SMILES string of the molecule is COc1cccc(COc2ccccc2/C=N\NC(=O)c2cccs2)c1. The molecule has 6 heteroatoms. The van der Waals surface area contributed by atoms with Crippen molar-refractivity contribution in [2.45, 2.75) is 6.61 Å². The lowest BCUT2D eigenvalue weighted by Gasteiger charge is -2.10. The highest BCUT2D eigenvalue weighted by Crippen LogP contribution is 2.19. The van der Waals surface area contributed by atoms with Gasteiger partial charge in [-0.15, -0.1) is 11.3 Å². The molecule has 2 aromatic carbocycles. The molecule has 1 amide bonds. The lowest BCUT2D eigenvalue weighted by molar-refractivity contribution is 0.0959. The van der Waals surface area contributed by atoms with Crippen LogP contribution in [-0.4, -0.2) is 19.2 Å². The molecule has 1 aromatic heterocycles. The fourth-order valence-corrected chi connectivity index (χ4v) is 2.88. The quantitative estimate of drug-likeness (QED) is 0.506. The number of hydrogen-bond donors (Lipinski definition) is 1. The summed E-state index contributed by atoms with van der Waals surface area (Å²) in [7, 11) is 1.64. The number of ether oxygens (including phenoxy) is 2. The number of hydrazone groups is 1. The maximum Gasteiger partial charge on any atom is 0.281 e. The smallest absolute Gasteiger partial charge is 0.281 e. The Hall–Kier alpha value is -3.12. The molecule has 3 rings (SSSR count). The van der Waals surface area contributed by atoms with Crippen molar-refractivity contribution < 1.29 is 14.3 Å². The van der Waals surface area contributed by atoms with E-state index in [-0.39, 0.29) is 5.91 Å². The first kappa shape index (κ1) is 17.7. The van der Waals surface area contributed by atoms with Gasteiger partial charge in [0.25, 0.3) is 5.91 Å². The van der Waals surface area contributed by atoms with Crippen molar-refractivity contribution in [1.82, 2.24) is 5.43 Å². The number of amides is 1. The van der Waals surface area contributed by atoms with Crippen molar-refractivity contribution in [2.24, 2.45) is 5.10 Å². The average Bonchev–Trinajstić information content (AvgIpc) is 3.22. The van der Waals surface area contributed by atoms with E-state index in [1.807, 2.05) is 60.0 Å². The number of thiophene rings is 1. The summed E-state index contributed by atoms with van der Waals surface area (Å²) in [6.07, 6.45) is 1.58. The first-order valence-corrected chi connectivity index (χ1v) is 8.86. The molecule has 0 unspecified atom stereocenters. The van der Waals surface area contributed by atoms with Crippen LogP contribution in [0.4, 0.5) is 0 Å². The first-order valence-electron chi connectivity index (χ1n) is 7.98. The van der Waals surface area contributed by atoms with Crippen LogP contribution >= 0.6 is 11.3 Å². The summed E-state index contributed by atoms with van der Waals surface area (Å²) in [4.78, 5) is 12.5. The molecule has 0 saturated carbocycles. The molecule has 0 spiro atoms. The second-order valence-corrected chi connectivity index (χ2v) is 6.30. The van der Waals surface area contributed by atoms with Crippen molar-refractivity contribution in [2.75, 3.05) is 7.11 Å². The number of benzene rings is 2. The van der Waals surface area contributed by atoms with Crippen LogP contribution in [0.25, 0.3) is 0 Å². The average molecular weight is 366 g/mol. The number of methoxy groups -OCH3 is 1. The molecular weight excluding hydrogens is 348 g/mol. The lowest BCUT2D eigenvalue weighted by Crippen LogP contribution is -2.16. The van der Waals surface area contributed by atoms with E-state index in [0.717, 1.165) is 16.9 Å². The minimum absolute atomic E-state index is 0.231. The maximum atomic E-state index is 11.9. The molecule has 1 heterocycles. The summed E-state index contributed by atoms with van der Waals surface area (Å²) in [5, 5.41) is 5.87. The molecule has 26 heavy (non-hydrogen) atoms. The molecule has 5 nitrogen and oxygen atoms in total. The number of hydrogen-bond acceptors (Lipinski definition) is 5. The van der Waals surface area contributed by atoms with Gasteiger partial charge in [0.2, 0.25) is 0 Å². The van der Waals surface area contributed by atoms with E-state index >= 15 is 0 Å². The standard InChI is InChI=1S/C20H18N2O3S/c1-24-17-8-4-6-15(12-17)14-25-18-9-3-2-7-16(18)13-21-22-20(23)19-10-5-11-26-19/h2-13H,14H2,1H3,(H,22,23)/b21-13-. The van der Waals surface area contributed by atoms with Crippen molar-refractivity contribution >= 4 is 23.5 Å². The molecular formula is C20H18N2O3S. The van der Waals surface area contributed by atoms with Gasteiger partial charge in [0, 0.05) is 5.56 Å². The first-order chi connectivity index (χ1) is 12.8. The molecule has 3 aromatic rings. The van der Waals surface area contributed by atoms with Gasteiger partial charge < -0.3 is 9.47 Å². The van der Waals surface area contributed by atoms with Crippen LogP contribution in [-0.2, 0) is 6.61 Å². The normalized spacial score (nSPS) is 10.7. The third-order valence-corrected chi connectivity index (χ3v) is 4.43. The summed E-state index contributed by atoms with van der Waals surface area (Å²) in [6, 6.07) is 18.8. The molecule has 0 fully saturated rings. The van der Waals surface area contributed by atoms with E-state index in [9.17, 15) is 4.79 Å². The highest BCUT2D eigenvalue weighted by molar-refractivity contribution is 7.12. The Morgan fingerprint density at radius 2 is 2.04 bits per heavy atom. The van der Waals surface area contributed by atoms with Crippen molar-refractivity contribution in [1.29, 1.82) is 0 Å². The van der Waals surface area contributed by atoms with E-state index in [1.54, 1.807) is 19.4 Å². The lowest BCUT2D eigenvalue weighted by atomic mass is 10.2. The zero-order valence-corrected chi connectivity index (χ0v) is 15.0. The van der Waals surface area contributed by atoms with E-state index in [4.69, 9.17) is 9.47 Å². The Balaban J connectivity index is 1.64. The topological polar surface area (TPSA) is 59.9 Å². The summed E-state index contributed by atoms with van der Waals surface area (Å²) in [5.41, 5.74) is 4.30. The largest absolute Gasteiger partial charge is 0.497 e. The molecule has 0 radical (unpaired) electrons. The van der Waals surface area contributed by atoms with E-state index in [1.165, 1.54) is 11.3 Å². The molecule has 0 aliphatic rings. The highest BCUT2D eigenvalue weighted by atomic mass is 32.1. The van der Waals surface area contributed by atoms with Crippen LogP contribution in [0, 0.1) is 0 Å². The fourth-order valence-electron chi connectivity index (χ4n) is 2.27. The van der Waals surface area contributed by atoms with Crippen molar-refractivity contribution in [3.63, 3.8) is 0 Å². The van der Waals surface area contributed by atoms with E-state index in [2.05, 4.69) is 10.5 Å². The third kappa shape index (κ3) is 4.70. The van der Waals surface area contributed by atoms with Crippen LogP contribution in [0.2, 0.25) is 0 Å². The van der Waals surface area contributed by atoms with Gasteiger partial charge in [-0.25, -0.2) is 5.43 Å². The number of nitrogens with zero attached hydrogens (tertiary/aromatic N) is 1. The number of nitrogens with one attached hydrogen (secondary N) is 1. The zero-order valence-electron chi connectivity index (χ0n) is 14.2. The fraction of sp³-hybridized carbons (Fsp3) is 0.100. The van der Waals surface area contributed by atoms with Crippen molar-refractivity contribution in [3.05, 3.63) is 82.0 Å². The van der Waals surface area contributed by atoms with Gasteiger partial charge in [0.05, 0.1) is 18.2 Å². The molecule has 0 atom stereocenters. The summed E-state index contributed by atoms with van der Waals surface area (Å²) in [5.74, 6) is 1.24. The summed E-state index contributed by atoms with van der Waals surface area (Å²) >= 11 is 1.37. The molecule has 0 aliphatic heterocycles. The van der Waals surface area contributed by atoms with Gasteiger partial charge in [-0.3, -0.25) is 4.79 Å². The third-order valence-electron chi connectivity index (χ3n) is 3.56. The molecule has 0 saturated heterocycles. The minimum atomic E-state index is -0.231. The Morgan fingerprint density at radius 1 is 1.15 bits per heavy atom. The Morgan fingerprint density at radius 3 is 2.85 bits per heavy atom. The van der Waals surface area contributed by atoms with Gasteiger partial charge >= 0.3 is 0 Å². The second kappa shape index (κ2) is 8.82. The molecule has 1 N–H and O–H groups in total. The monoisotopic (exact) mass is 366 g/mol. The summed E-state index contributed by atoms with van der Waals surface area (Å²) in [6.45, 7) is 0.406. The van der Waals surface area contributed by atoms with Crippen LogP contribution in [0.5, 0.6) is 11.5 Å². The van der Waals surface area contributed by atoms with E-state index in [0.29, 0.717) is 17.2 Å². The van der Waals surface area contributed by atoms with Crippen LogP contribution < -0.4 is 14.9 Å². The summed E-state index contributed by atoms with van der Waals surface area (Å²) < 4.78 is 11.1. The van der Waals surface area contributed by atoms with Gasteiger partial charge in [0.15, 0.2) is 0 Å². The maximum absolute atomic E-state index is 11.9. The minimum Gasteiger partial charge on any atom is -0.497 e. The van der Waals surface area contributed by atoms with Crippen LogP contribution in [0.15, 0.2) is 71.1 Å². The predicted molar refractivity (Wildman–Crippen MR) is 103 cm³/mol. The Bertz CT molecular complexity index is 892. The molecule has 132 valence electrons. The van der Waals surface area contributed by atoms with E-state index < -0.39 is 0 Å². The van der Waals surface area contributed by atoms with Crippen LogP contribution in [0.3, 0.4) is 0 Å². The van der Waals surface area contributed by atoms with Gasteiger partial charge in [-0.2, -0.15) is 5.10 Å². The molecule has 0 aliphatic carbocycles. The molecule has 0 bridgehead atoms. The van der Waals surface area contributed by atoms with Gasteiger partial charge in [-0.05, 0) is 41.3 Å². The number of para-hydroxylation sites is 1. The van der Waals surface area contributed by atoms with Gasteiger partial charge in [0.1, 0.15) is 18.1 Å². The Kier molecular flexibility index (Phi) is 6.01. The number of carbonyl (C=O) groups is 1. The van der Waals surface area contributed by atoms with Gasteiger partial charge in [-0.1, -0.05) is 30.3 Å². The Labute approximate surface area is 155 Å². The predicted octanol–water partition coefficient (Wildman–Crippen LogP) is 4.10. The highest BCUT2D eigenvalue weighted by Gasteiger charge is 2.05. The van der Waals surface area contributed by atoms with Crippen molar-refractivity contribution in [3.8, 4) is 11.5 Å². The van der Waals surface area contributed by atoms with Crippen LogP contribution in [0.1, 0.15) is 20.8 Å².